The fourth-order valence-corrected chi connectivity index (χ4v) is 4.85. The number of thiazole rings is 1. The predicted molar refractivity (Wildman–Crippen MR) is 141 cm³/mol. The average molecular weight is 570 g/mol. The molecule has 4 rings (SSSR count). The molecule has 2 aromatic heterocycles. The number of hydrogen-bond donors (Lipinski definition) is 1. The molecule has 3 aromatic rings. The van der Waals surface area contributed by atoms with Gasteiger partial charge in [-0.05, 0) is 6.92 Å². The number of nitrogens with one attached hydrogen (secondary N) is 1. The summed E-state index contributed by atoms with van der Waals surface area (Å²) in [5, 5.41) is 7.61. The maximum atomic E-state index is 4.87. The second kappa shape index (κ2) is 11.7. The molecule has 0 bridgehead atoms. The summed E-state index contributed by atoms with van der Waals surface area (Å²) in [7, 11) is 0. The van der Waals surface area contributed by atoms with Gasteiger partial charge in [0.15, 0.2) is 5.96 Å². The summed E-state index contributed by atoms with van der Waals surface area (Å²) in [6, 6.07) is 10.3. The van der Waals surface area contributed by atoms with Crippen LogP contribution in [0.4, 0.5) is 5.13 Å². The molecule has 1 aromatic carbocycles. The van der Waals surface area contributed by atoms with Gasteiger partial charge in [-0.1, -0.05) is 37.3 Å². The highest BCUT2D eigenvalue weighted by molar-refractivity contribution is 14.0. The Morgan fingerprint density at radius 2 is 1.87 bits per heavy atom. The van der Waals surface area contributed by atoms with Crippen molar-refractivity contribution < 1.29 is 0 Å². The number of aryl methyl sites for hydroxylation is 1. The number of benzene rings is 1. The van der Waals surface area contributed by atoms with Crippen molar-refractivity contribution in [3.63, 3.8) is 0 Å². The molecule has 31 heavy (non-hydrogen) atoms. The summed E-state index contributed by atoms with van der Waals surface area (Å²) in [6.07, 6.45) is 0.885. The van der Waals surface area contributed by atoms with Gasteiger partial charge in [-0.3, -0.25) is 0 Å². The predicted octanol–water partition coefficient (Wildman–Crippen LogP) is 4.13. The zero-order valence-electron chi connectivity index (χ0n) is 17.8. The number of rotatable bonds is 6. The van der Waals surface area contributed by atoms with Gasteiger partial charge in [0.25, 0.3) is 0 Å². The van der Waals surface area contributed by atoms with E-state index in [0.717, 1.165) is 72.3 Å². The number of aliphatic imine (C=N–C) groups is 1. The molecule has 0 spiro atoms. The van der Waals surface area contributed by atoms with Crippen LogP contribution in [0.25, 0.3) is 11.3 Å². The maximum Gasteiger partial charge on any atom is 0.205 e. The molecule has 1 aliphatic rings. The van der Waals surface area contributed by atoms with Gasteiger partial charge < -0.3 is 15.1 Å². The SMILES string of the molecule is CCNC(=NCc1nc(-c2ccccc2)cs1)N1CCN(c2nc(CC)ns2)CC1.I. The highest BCUT2D eigenvalue weighted by Gasteiger charge is 2.22. The van der Waals surface area contributed by atoms with Crippen LogP contribution in [0.5, 0.6) is 0 Å². The summed E-state index contributed by atoms with van der Waals surface area (Å²) < 4.78 is 4.41. The summed E-state index contributed by atoms with van der Waals surface area (Å²) in [4.78, 5) is 18.9. The molecule has 0 atom stereocenters. The van der Waals surface area contributed by atoms with Gasteiger partial charge in [0.1, 0.15) is 10.8 Å². The summed E-state index contributed by atoms with van der Waals surface area (Å²) in [5.74, 6) is 1.89. The molecule has 0 unspecified atom stereocenters. The van der Waals surface area contributed by atoms with E-state index in [1.165, 1.54) is 11.5 Å². The lowest BCUT2D eigenvalue weighted by Gasteiger charge is -2.36. The van der Waals surface area contributed by atoms with Gasteiger partial charge >= 0.3 is 0 Å². The number of aromatic nitrogens is 3. The van der Waals surface area contributed by atoms with Gasteiger partial charge in [-0.25, -0.2) is 15.0 Å². The minimum Gasteiger partial charge on any atom is -0.357 e. The van der Waals surface area contributed by atoms with E-state index in [2.05, 4.69) is 55.8 Å². The molecule has 1 N–H and O–H groups in total. The van der Waals surface area contributed by atoms with Crippen molar-refractivity contribution >= 4 is 57.9 Å². The second-order valence-corrected chi connectivity index (χ2v) is 8.66. The lowest BCUT2D eigenvalue weighted by molar-refractivity contribution is 0.372. The molecule has 0 aliphatic carbocycles. The van der Waals surface area contributed by atoms with Crippen molar-refractivity contribution in [3.05, 3.63) is 46.5 Å². The molecule has 166 valence electrons. The van der Waals surface area contributed by atoms with Crippen LogP contribution in [0.1, 0.15) is 24.7 Å². The van der Waals surface area contributed by atoms with E-state index >= 15 is 0 Å². The van der Waals surface area contributed by atoms with Crippen LogP contribution in [0, 0.1) is 0 Å². The summed E-state index contributed by atoms with van der Waals surface area (Å²) in [6.45, 7) is 9.33. The third-order valence-electron chi connectivity index (χ3n) is 4.94. The minimum atomic E-state index is 0. The molecule has 1 fully saturated rings. The second-order valence-electron chi connectivity index (χ2n) is 6.98. The molecule has 0 radical (unpaired) electrons. The molecule has 1 saturated heterocycles. The molecule has 1 aliphatic heterocycles. The Balaban J connectivity index is 0.00000272. The Kier molecular flexibility index (Phi) is 9.02. The van der Waals surface area contributed by atoms with Crippen molar-refractivity contribution in [1.29, 1.82) is 0 Å². The number of piperazine rings is 1. The monoisotopic (exact) mass is 569 g/mol. The van der Waals surface area contributed by atoms with Crippen LogP contribution in [-0.4, -0.2) is 57.9 Å². The van der Waals surface area contributed by atoms with E-state index in [9.17, 15) is 0 Å². The molecule has 10 heteroatoms. The third-order valence-corrected chi connectivity index (χ3v) is 6.59. The molecular weight excluding hydrogens is 541 g/mol. The topological polar surface area (TPSA) is 69.5 Å². The fourth-order valence-electron chi connectivity index (χ4n) is 3.32. The Morgan fingerprint density at radius 3 is 2.55 bits per heavy atom. The van der Waals surface area contributed by atoms with Crippen molar-refractivity contribution in [2.24, 2.45) is 4.99 Å². The van der Waals surface area contributed by atoms with E-state index in [4.69, 9.17) is 9.98 Å². The number of hydrogen-bond acceptors (Lipinski definition) is 7. The van der Waals surface area contributed by atoms with Crippen LogP contribution in [-0.2, 0) is 13.0 Å². The molecule has 0 saturated carbocycles. The zero-order chi connectivity index (χ0) is 20.8. The minimum absolute atomic E-state index is 0. The van der Waals surface area contributed by atoms with Gasteiger partial charge in [0.05, 0.1) is 12.2 Å². The first-order valence-electron chi connectivity index (χ1n) is 10.4. The molecule has 3 heterocycles. The van der Waals surface area contributed by atoms with Crippen molar-refractivity contribution in [2.75, 3.05) is 37.6 Å². The Morgan fingerprint density at radius 1 is 1.10 bits per heavy atom. The Hall–Kier alpha value is -1.79. The largest absolute Gasteiger partial charge is 0.357 e. The van der Waals surface area contributed by atoms with Gasteiger partial charge in [-0.15, -0.1) is 35.3 Å². The van der Waals surface area contributed by atoms with Crippen molar-refractivity contribution in [1.82, 2.24) is 24.6 Å². The first-order chi connectivity index (χ1) is 14.8. The number of nitrogens with zero attached hydrogens (tertiary/aromatic N) is 6. The fraction of sp³-hybridized carbons (Fsp3) is 0.429. The molecule has 7 nitrogen and oxygen atoms in total. The van der Waals surface area contributed by atoms with Gasteiger partial charge in [0, 0.05) is 61.6 Å². The highest BCUT2D eigenvalue weighted by atomic mass is 127. The first kappa shape index (κ1) is 23.9. The third kappa shape index (κ3) is 6.13. The van der Waals surface area contributed by atoms with E-state index in [1.807, 2.05) is 18.2 Å². The number of halogens is 1. The van der Waals surface area contributed by atoms with Gasteiger partial charge in [-0.2, -0.15) is 4.37 Å². The number of anilines is 1. The number of guanidine groups is 1. The van der Waals surface area contributed by atoms with E-state index in [0.29, 0.717) is 6.54 Å². The van der Waals surface area contributed by atoms with Crippen LogP contribution >= 0.6 is 46.8 Å². The molecule has 0 amide bonds. The van der Waals surface area contributed by atoms with Crippen molar-refractivity contribution in [3.8, 4) is 11.3 Å². The molecular formula is C21H28IN7S2. The van der Waals surface area contributed by atoms with Crippen molar-refractivity contribution in [2.45, 2.75) is 26.8 Å². The normalized spacial score (nSPS) is 14.5. The van der Waals surface area contributed by atoms with Gasteiger partial charge in [0.2, 0.25) is 5.13 Å². The average Bonchev–Trinajstić information content (AvgIpc) is 3.47. The maximum absolute atomic E-state index is 4.87. The summed E-state index contributed by atoms with van der Waals surface area (Å²) >= 11 is 3.17. The van der Waals surface area contributed by atoms with Crippen LogP contribution in [0.15, 0.2) is 40.7 Å². The van der Waals surface area contributed by atoms with E-state index < -0.39 is 0 Å². The first-order valence-corrected chi connectivity index (χ1v) is 12.0. The smallest absolute Gasteiger partial charge is 0.205 e. The van der Waals surface area contributed by atoms with E-state index in [-0.39, 0.29) is 24.0 Å². The van der Waals surface area contributed by atoms with Crippen LogP contribution < -0.4 is 10.2 Å². The summed E-state index contributed by atoms with van der Waals surface area (Å²) in [5.41, 5.74) is 2.17. The highest BCUT2D eigenvalue weighted by Crippen LogP contribution is 2.22. The quantitative estimate of drug-likeness (QED) is 0.274. The van der Waals surface area contributed by atoms with E-state index in [1.54, 1.807) is 11.3 Å². The lowest BCUT2D eigenvalue weighted by atomic mass is 10.2. The van der Waals surface area contributed by atoms with Crippen LogP contribution in [0.2, 0.25) is 0 Å². The standard InChI is InChI=1S/C21H27N7S2.HI/c1-3-18-25-21(30-26-18)28-12-10-27(11-13-28)20(22-4-2)23-14-19-24-17(15-29-19)16-8-6-5-7-9-16;/h5-9,15H,3-4,10-14H2,1-2H3,(H,22,23);1H. The Bertz CT molecular complexity index is 965. The van der Waals surface area contributed by atoms with Crippen LogP contribution in [0.3, 0.4) is 0 Å². The lowest BCUT2D eigenvalue weighted by Crippen LogP contribution is -2.52. The zero-order valence-corrected chi connectivity index (χ0v) is 21.8. The Labute approximate surface area is 208 Å².